The summed E-state index contributed by atoms with van der Waals surface area (Å²) in [7, 11) is 3.81. The van der Waals surface area contributed by atoms with E-state index in [2.05, 4.69) is 29.4 Å². The quantitative estimate of drug-likeness (QED) is 0.484. The number of hydrogen-bond donors (Lipinski definition) is 1. The van der Waals surface area contributed by atoms with Gasteiger partial charge in [0.1, 0.15) is 16.2 Å². The van der Waals surface area contributed by atoms with E-state index in [1.54, 1.807) is 12.1 Å². The minimum absolute atomic E-state index is 0.113. The smallest absolute Gasteiger partial charge is 0.261 e. The molecule has 5 nitrogen and oxygen atoms in total. The maximum absolute atomic E-state index is 13.4. The molecule has 7 heteroatoms. The molecule has 1 N–H and O–H groups in total. The van der Waals surface area contributed by atoms with Crippen molar-refractivity contribution < 1.29 is 9.18 Å². The zero-order valence-corrected chi connectivity index (χ0v) is 17.9. The molecule has 2 aromatic heterocycles. The van der Waals surface area contributed by atoms with Crippen molar-refractivity contribution >= 4 is 33.5 Å². The largest absolute Gasteiger partial charge is 0.351 e. The van der Waals surface area contributed by atoms with Crippen LogP contribution in [-0.4, -0.2) is 36.1 Å². The average Bonchev–Trinajstić information content (AvgIpc) is 3.31. The average molecular weight is 423 g/mol. The SMILES string of the molecule is C[C@H](CNC(=O)c1cc2nc(N(C)C)n(-c3ccc(F)cc3)c2s1)c1ccccc1. The van der Waals surface area contributed by atoms with Gasteiger partial charge in [0, 0.05) is 20.6 Å². The number of fused-ring (bicyclic) bond motifs is 1. The van der Waals surface area contributed by atoms with Crippen LogP contribution in [0.5, 0.6) is 0 Å². The Morgan fingerprint density at radius 2 is 1.87 bits per heavy atom. The molecule has 30 heavy (non-hydrogen) atoms. The Hall–Kier alpha value is -3.19. The number of amides is 1. The third-order valence-corrected chi connectivity index (χ3v) is 6.07. The van der Waals surface area contributed by atoms with E-state index in [1.165, 1.54) is 29.0 Å². The molecule has 1 amide bonds. The zero-order valence-electron chi connectivity index (χ0n) is 17.1. The number of rotatable bonds is 6. The Morgan fingerprint density at radius 3 is 2.53 bits per heavy atom. The maximum Gasteiger partial charge on any atom is 0.261 e. The third kappa shape index (κ3) is 3.93. The number of thiophene rings is 1. The van der Waals surface area contributed by atoms with Crippen LogP contribution in [0.2, 0.25) is 0 Å². The molecule has 0 unspecified atom stereocenters. The van der Waals surface area contributed by atoms with Gasteiger partial charge in [0.05, 0.1) is 10.6 Å². The standard InChI is InChI=1S/C23H23FN4OS/c1-15(16-7-5-4-6-8-16)14-25-21(29)20-13-19-22(30-20)28(23(26-19)27(2)3)18-11-9-17(24)10-12-18/h4-13,15H,14H2,1-3H3,(H,25,29)/t15-/m1/s1. The molecule has 2 heterocycles. The summed E-state index contributed by atoms with van der Waals surface area (Å²) in [5.74, 6) is 0.543. The monoisotopic (exact) mass is 422 g/mol. The molecule has 154 valence electrons. The lowest BCUT2D eigenvalue weighted by Crippen LogP contribution is -2.26. The lowest BCUT2D eigenvalue weighted by molar-refractivity contribution is 0.0955. The number of halogens is 1. The molecule has 0 spiro atoms. The first-order valence-electron chi connectivity index (χ1n) is 9.72. The second-order valence-electron chi connectivity index (χ2n) is 7.44. The van der Waals surface area contributed by atoms with Crippen molar-refractivity contribution in [1.29, 1.82) is 0 Å². The molecular formula is C23H23FN4OS. The highest BCUT2D eigenvalue weighted by Crippen LogP contribution is 2.32. The Morgan fingerprint density at radius 1 is 1.17 bits per heavy atom. The van der Waals surface area contributed by atoms with Gasteiger partial charge in [0.15, 0.2) is 0 Å². The number of nitrogens with zero attached hydrogens (tertiary/aromatic N) is 3. The van der Waals surface area contributed by atoms with Crippen LogP contribution in [0.15, 0.2) is 60.7 Å². The van der Waals surface area contributed by atoms with Gasteiger partial charge < -0.3 is 10.2 Å². The van der Waals surface area contributed by atoms with E-state index in [0.717, 1.165) is 22.0 Å². The number of carbonyl (C=O) groups excluding carboxylic acids is 1. The van der Waals surface area contributed by atoms with Crippen molar-refractivity contribution in [3.8, 4) is 5.69 Å². The predicted octanol–water partition coefficient (Wildman–Crippen LogP) is 4.83. The maximum atomic E-state index is 13.4. The van der Waals surface area contributed by atoms with Crippen LogP contribution in [0, 0.1) is 5.82 Å². The molecule has 0 aliphatic heterocycles. The second kappa shape index (κ2) is 8.28. The van der Waals surface area contributed by atoms with Gasteiger partial charge in [-0.3, -0.25) is 9.36 Å². The topological polar surface area (TPSA) is 50.2 Å². The highest BCUT2D eigenvalue weighted by molar-refractivity contribution is 7.20. The number of aromatic nitrogens is 2. The summed E-state index contributed by atoms with van der Waals surface area (Å²) in [5, 5.41) is 3.03. The van der Waals surface area contributed by atoms with Gasteiger partial charge in [0.2, 0.25) is 5.95 Å². The van der Waals surface area contributed by atoms with Gasteiger partial charge in [-0.1, -0.05) is 37.3 Å². The van der Waals surface area contributed by atoms with Crippen LogP contribution >= 0.6 is 11.3 Å². The molecule has 0 bridgehead atoms. The summed E-state index contributed by atoms with van der Waals surface area (Å²) < 4.78 is 15.3. The molecule has 0 fully saturated rings. The number of benzene rings is 2. The van der Waals surface area contributed by atoms with Crippen LogP contribution in [0.4, 0.5) is 10.3 Å². The first-order valence-corrected chi connectivity index (χ1v) is 10.5. The summed E-state index contributed by atoms with van der Waals surface area (Å²) in [4.78, 5) is 20.8. The number of nitrogens with one attached hydrogen (secondary N) is 1. The first kappa shape index (κ1) is 20.1. The van der Waals surface area contributed by atoms with Crippen LogP contribution < -0.4 is 10.2 Å². The number of imidazole rings is 1. The van der Waals surface area contributed by atoms with Gasteiger partial charge >= 0.3 is 0 Å². The molecule has 0 aliphatic rings. The zero-order chi connectivity index (χ0) is 21.3. The Bertz CT molecular complexity index is 1170. The van der Waals surface area contributed by atoms with E-state index in [4.69, 9.17) is 0 Å². The van der Waals surface area contributed by atoms with E-state index in [1.807, 2.05) is 47.8 Å². The first-order chi connectivity index (χ1) is 14.4. The highest BCUT2D eigenvalue weighted by Gasteiger charge is 2.20. The molecule has 4 aromatic rings. The Kier molecular flexibility index (Phi) is 5.55. The highest BCUT2D eigenvalue weighted by atomic mass is 32.1. The fourth-order valence-electron chi connectivity index (χ4n) is 3.33. The molecule has 0 saturated heterocycles. The van der Waals surface area contributed by atoms with E-state index in [-0.39, 0.29) is 17.6 Å². The van der Waals surface area contributed by atoms with Crippen molar-refractivity contribution in [2.75, 3.05) is 25.5 Å². The number of hydrogen-bond acceptors (Lipinski definition) is 4. The summed E-state index contributed by atoms with van der Waals surface area (Å²) in [6.07, 6.45) is 0. The van der Waals surface area contributed by atoms with Crippen molar-refractivity contribution in [3.05, 3.63) is 76.9 Å². The normalized spacial score (nSPS) is 12.1. The van der Waals surface area contributed by atoms with Gasteiger partial charge in [-0.25, -0.2) is 9.37 Å². The fraction of sp³-hybridized carbons (Fsp3) is 0.217. The van der Waals surface area contributed by atoms with E-state index in [0.29, 0.717) is 11.4 Å². The lowest BCUT2D eigenvalue weighted by Gasteiger charge is -2.15. The lowest BCUT2D eigenvalue weighted by atomic mass is 10.0. The number of carbonyl (C=O) groups is 1. The molecule has 0 saturated carbocycles. The van der Waals surface area contributed by atoms with E-state index in [9.17, 15) is 9.18 Å². The van der Waals surface area contributed by atoms with Crippen molar-refractivity contribution in [2.24, 2.45) is 0 Å². The van der Waals surface area contributed by atoms with Crippen LogP contribution in [-0.2, 0) is 0 Å². The van der Waals surface area contributed by atoms with Crippen molar-refractivity contribution in [1.82, 2.24) is 14.9 Å². The van der Waals surface area contributed by atoms with Gasteiger partial charge in [-0.05, 0) is 41.8 Å². The summed E-state index contributed by atoms with van der Waals surface area (Å²) in [5.41, 5.74) is 2.73. The van der Waals surface area contributed by atoms with Crippen LogP contribution in [0.1, 0.15) is 28.1 Å². The van der Waals surface area contributed by atoms with Gasteiger partial charge in [-0.15, -0.1) is 11.3 Å². The molecule has 4 rings (SSSR count). The summed E-state index contributed by atoms with van der Waals surface area (Å²) in [6, 6.07) is 18.2. The van der Waals surface area contributed by atoms with Gasteiger partial charge in [-0.2, -0.15) is 0 Å². The third-order valence-electron chi connectivity index (χ3n) is 4.96. The van der Waals surface area contributed by atoms with Crippen molar-refractivity contribution in [3.63, 3.8) is 0 Å². The Balaban J connectivity index is 1.60. The van der Waals surface area contributed by atoms with Crippen LogP contribution in [0.3, 0.4) is 0 Å². The molecule has 0 aliphatic carbocycles. The minimum atomic E-state index is -0.291. The molecule has 2 aromatic carbocycles. The summed E-state index contributed by atoms with van der Waals surface area (Å²) >= 11 is 1.38. The van der Waals surface area contributed by atoms with E-state index < -0.39 is 0 Å². The predicted molar refractivity (Wildman–Crippen MR) is 120 cm³/mol. The van der Waals surface area contributed by atoms with E-state index >= 15 is 0 Å². The molecule has 0 radical (unpaired) electrons. The van der Waals surface area contributed by atoms with Gasteiger partial charge in [0.25, 0.3) is 5.91 Å². The molecular weight excluding hydrogens is 399 g/mol. The van der Waals surface area contributed by atoms with Crippen molar-refractivity contribution in [2.45, 2.75) is 12.8 Å². The Labute approximate surface area is 178 Å². The minimum Gasteiger partial charge on any atom is -0.351 e. The van der Waals surface area contributed by atoms with Crippen LogP contribution in [0.25, 0.3) is 16.0 Å². The second-order valence-corrected chi connectivity index (χ2v) is 8.47. The summed E-state index contributed by atoms with van der Waals surface area (Å²) in [6.45, 7) is 2.65. The number of anilines is 1. The molecule has 1 atom stereocenters. The fourth-order valence-corrected chi connectivity index (χ4v) is 4.36.